The molecule has 0 aliphatic carbocycles. The van der Waals surface area contributed by atoms with Crippen LogP contribution >= 0.6 is 0 Å². The van der Waals surface area contributed by atoms with Gasteiger partial charge in [-0.3, -0.25) is 4.79 Å². The number of unbranched alkanes of at least 4 members (excludes halogenated alkanes) is 18. The second kappa shape index (κ2) is 30.3. The van der Waals surface area contributed by atoms with E-state index >= 15 is 0 Å². The summed E-state index contributed by atoms with van der Waals surface area (Å²) in [5, 5.41) is 75.1. The lowest BCUT2D eigenvalue weighted by Gasteiger charge is -2.40. The van der Waals surface area contributed by atoms with Crippen LogP contribution in [0.1, 0.15) is 162 Å². The molecule has 11 nitrogen and oxygen atoms in total. The quantitative estimate of drug-likeness (QED) is 0.0350. The zero-order chi connectivity index (χ0) is 37.0. The van der Waals surface area contributed by atoms with Crippen molar-refractivity contribution in [3.05, 3.63) is 12.2 Å². The monoisotopic (exact) mass is 718 g/mol. The molecule has 1 rings (SSSR count). The molecule has 11 heteroatoms. The summed E-state index contributed by atoms with van der Waals surface area (Å²) < 4.78 is 11.0. The van der Waals surface area contributed by atoms with Gasteiger partial charge in [0, 0.05) is 0 Å². The van der Waals surface area contributed by atoms with E-state index in [0.29, 0.717) is 12.8 Å². The first-order valence-corrected chi connectivity index (χ1v) is 20.1. The van der Waals surface area contributed by atoms with E-state index in [-0.39, 0.29) is 12.8 Å². The van der Waals surface area contributed by atoms with Crippen molar-refractivity contribution in [2.24, 2.45) is 0 Å². The van der Waals surface area contributed by atoms with E-state index in [0.717, 1.165) is 38.5 Å². The molecule has 0 bridgehead atoms. The van der Waals surface area contributed by atoms with Gasteiger partial charge in [-0.2, -0.15) is 0 Å². The van der Waals surface area contributed by atoms with Crippen LogP contribution in [0.3, 0.4) is 0 Å². The third-order valence-electron chi connectivity index (χ3n) is 9.82. The van der Waals surface area contributed by atoms with E-state index in [9.17, 15) is 40.5 Å². The SMILES string of the molecule is CCCCCCCCCCC/C=C/CCCC(O)C(O)C(COC1OC(CO)C(O)C(O)C1O)NC(=O)C(O)CCCCCCCCCCC. The molecular formula is C39H75NO10. The molecule has 1 heterocycles. The highest BCUT2D eigenvalue weighted by Gasteiger charge is 2.44. The van der Waals surface area contributed by atoms with Gasteiger partial charge in [0.15, 0.2) is 6.29 Å². The number of allylic oxidation sites excluding steroid dienone is 2. The summed E-state index contributed by atoms with van der Waals surface area (Å²) in [5.74, 6) is -0.711. The maximum absolute atomic E-state index is 12.9. The summed E-state index contributed by atoms with van der Waals surface area (Å²) in [7, 11) is 0. The topological polar surface area (TPSA) is 189 Å². The predicted molar refractivity (Wildman–Crippen MR) is 196 cm³/mol. The minimum atomic E-state index is -1.66. The van der Waals surface area contributed by atoms with Crippen molar-refractivity contribution in [2.75, 3.05) is 13.2 Å². The number of hydrogen-bond donors (Lipinski definition) is 8. The Balaban J connectivity index is 2.57. The Bertz CT molecular complexity index is 831. The predicted octanol–water partition coefficient (Wildman–Crippen LogP) is 4.94. The van der Waals surface area contributed by atoms with E-state index < -0.39 is 74.2 Å². The van der Waals surface area contributed by atoms with Gasteiger partial charge in [0.2, 0.25) is 5.91 Å². The van der Waals surface area contributed by atoms with Crippen molar-refractivity contribution in [3.63, 3.8) is 0 Å². The van der Waals surface area contributed by atoms with Crippen LogP contribution in [0.25, 0.3) is 0 Å². The van der Waals surface area contributed by atoms with Crippen LogP contribution in [0.5, 0.6) is 0 Å². The number of nitrogens with one attached hydrogen (secondary N) is 1. The molecular weight excluding hydrogens is 642 g/mol. The smallest absolute Gasteiger partial charge is 0.249 e. The Labute approximate surface area is 302 Å². The van der Waals surface area contributed by atoms with Crippen LogP contribution in [0, 0.1) is 0 Å². The van der Waals surface area contributed by atoms with Crippen LogP contribution in [0.4, 0.5) is 0 Å². The van der Waals surface area contributed by atoms with Crippen molar-refractivity contribution in [1.82, 2.24) is 5.32 Å². The second-order valence-electron chi connectivity index (χ2n) is 14.4. The molecule has 1 aliphatic heterocycles. The molecule has 0 radical (unpaired) electrons. The Hall–Kier alpha value is -1.15. The molecule has 0 aromatic rings. The first kappa shape index (κ1) is 46.9. The van der Waals surface area contributed by atoms with Crippen LogP contribution in [0.2, 0.25) is 0 Å². The number of aliphatic hydroxyl groups excluding tert-OH is 7. The van der Waals surface area contributed by atoms with Crippen LogP contribution in [-0.4, -0.2) is 110 Å². The van der Waals surface area contributed by atoms with E-state index in [2.05, 4.69) is 31.3 Å². The van der Waals surface area contributed by atoms with Crippen molar-refractivity contribution in [1.29, 1.82) is 0 Å². The lowest BCUT2D eigenvalue weighted by Crippen LogP contribution is -2.60. The standard InChI is InChI=1S/C39H75NO10/c1-3-5-7-9-11-13-14-15-16-17-19-20-22-24-26-31(42)34(44)30(29-49-39-37(47)36(46)35(45)33(28-41)50-39)40-38(48)32(43)27-25-23-21-18-12-10-8-6-4-2/h19-20,30-37,39,41-47H,3-18,21-29H2,1-2H3,(H,40,48)/b20-19+. The van der Waals surface area contributed by atoms with Crippen LogP contribution in [-0.2, 0) is 14.3 Å². The maximum Gasteiger partial charge on any atom is 0.249 e. The second-order valence-corrected chi connectivity index (χ2v) is 14.4. The van der Waals surface area contributed by atoms with Gasteiger partial charge >= 0.3 is 0 Å². The minimum absolute atomic E-state index is 0.256. The molecule has 1 saturated heterocycles. The summed E-state index contributed by atoms with van der Waals surface area (Å²) in [6, 6.07) is -1.18. The summed E-state index contributed by atoms with van der Waals surface area (Å²) >= 11 is 0. The normalized spacial score (nSPS) is 23.6. The number of carbonyl (C=O) groups is 1. The number of rotatable bonds is 32. The fourth-order valence-corrected chi connectivity index (χ4v) is 6.38. The summed E-state index contributed by atoms with van der Waals surface area (Å²) in [6.45, 7) is 3.36. The molecule has 9 atom stereocenters. The highest BCUT2D eigenvalue weighted by Crippen LogP contribution is 2.23. The number of carbonyl (C=O) groups excluding carboxylic acids is 1. The van der Waals surface area contributed by atoms with Gasteiger partial charge in [-0.15, -0.1) is 0 Å². The Morgan fingerprint density at radius 2 is 1.18 bits per heavy atom. The molecule has 1 aliphatic rings. The molecule has 1 amide bonds. The lowest BCUT2D eigenvalue weighted by molar-refractivity contribution is -0.303. The number of ether oxygens (including phenoxy) is 2. The van der Waals surface area contributed by atoms with Crippen LogP contribution < -0.4 is 5.32 Å². The number of aliphatic hydroxyl groups is 7. The molecule has 0 saturated carbocycles. The number of amides is 1. The van der Waals surface area contributed by atoms with E-state index in [4.69, 9.17) is 9.47 Å². The van der Waals surface area contributed by atoms with E-state index in [1.165, 1.54) is 83.5 Å². The summed E-state index contributed by atoms with van der Waals surface area (Å²) in [4.78, 5) is 12.9. The molecule has 0 aromatic heterocycles. The van der Waals surface area contributed by atoms with Crippen molar-refractivity contribution < 1.29 is 50.0 Å². The van der Waals surface area contributed by atoms with Gasteiger partial charge < -0.3 is 50.5 Å². The zero-order valence-electron chi connectivity index (χ0n) is 31.4. The van der Waals surface area contributed by atoms with Gasteiger partial charge in [-0.25, -0.2) is 0 Å². The van der Waals surface area contributed by atoms with E-state index in [1.807, 2.05) is 0 Å². The first-order chi connectivity index (χ1) is 24.2. The summed E-state index contributed by atoms with van der Waals surface area (Å²) in [6.07, 6.45) is 17.1. The molecule has 0 spiro atoms. The van der Waals surface area contributed by atoms with Crippen LogP contribution in [0.15, 0.2) is 12.2 Å². The van der Waals surface area contributed by atoms with Gasteiger partial charge in [0.25, 0.3) is 0 Å². The lowest BCUT2D eigenvalue weighted by atomic mass is 9.98. The molecule has 1 fully saturated rings. The largest absolute Gasteiger partial charge is 0.394 e. The third kappa shape index (κ3) is 20.8. The Morgan fingerprint density at radius 3 is 1.72 bits per heavy atom. The average Bonchev–Trinajstić information content (AvgIpc) is 3.11. The van der Waals surface area contributed by atoms with Gasteiger partial charge in [-0.05, 0) is 38.5 Å². The zero-order valence-corrected chi connectivity index (χ0v) is 31.4. The maximum atomic E-state index is 12.9. The van der Waals surface area contributed by atoms with Crippen molar-refractivity contribution in [2.45, 2.75) is 217 Å². The average molecular weight is 718 g/mol. The van der Waals surface area contributed by atoms with E-state index in [1.54, 1.807) is 0 Å². The van der Waals surface area contributed by atoms with Crippen molar-refractivity contribution >= 4 is 5.91 Å². The van der Waals surface area contributed by atoms with Gasteiger partial charge in [0.1, 0.15) is 36.6 Å². The highest BCUT2D eigenvalue weighted by molar-refractivity contribution is 5.80. The summed E-state index contributed by atoms with van der Waals surface area (Å²) in [5.41, 5.74) is 0. The fraction of sp³-hybridized carbons (Fsp3) is 0.923. The minimum Gasteiger partial charge on any atom is -0.394 e. The van der Waals surface area contributed by atoms with Gasteiger partial charge in [0.05, 0.1) is 25.4 Å². The van der Waals surface area contributed by atoms with Crippen molar-refractivity contribution in [3.8, 4) is 0 Å². The molecule has 50 heavy (non-hydrogen) atoms. The molecule has 8 N–H and O–H groups in total. The van der Waals surface area contributed by atoms with Gasteiger partial charge in [-0.1, -0.05) is 135 Å². The molecule has 0 aromatic carbocycles. The molecule has 9 unspecified atom stereocenters. The first-order valence-electron chi connectivity index (χ1n) is 20.1. The highest BCUT2D eigenvalue weighted by atomic mass is 16.7. The Kier molecular flexibility index (Phi) is 28.4. The Morgan fingerprint density at radius 1 is 0.680 bits per heavy atom. The fourth-order valence-electron chi connectivity index (χ4n) is 6.38. The third-order valence-corrected chi connectivity index (χ3v) is 9.82. The number of hydrogen-bond acceptors (Lipinski definition) is 10. The molecule has 296 valence electrons.